The smallest absolute Gasteiger partial charge is 0.412 e. The van der Waals surface area contributed by atoms with Crippen molar-refractivity contribution in [3.8, 4) is 5.75 Å². The molecule has 0 saturated heterocycles. The van der Waals surface area contributed by atoms with Crippen LogP contribution < -0.4 is 10.1 Å². The Morgan fingerprint density at radius 3 is 2.47 bits per heavy atom. The minimum Gasteiger partial charge on any atom is -0.490 e. The summed E-state index contributed by atoms with van der Waals surface area (Å²) in [7, 11) is 0. The summed E-state index contributed by atoms with van der Waals surface area (Å²) >= 11 is 3.41. The van der Waals surface area contributed by atoms with E-state index in [9.17, 15) is 4.79 Å². The first kappa shape index (κ1) is 15.8. The molecular formula is C14H20BrNO3. The summed E-state index contributed by atoms with van der Waals surface area (Å²) in [5.74, 6) is 0.684. The van der Waals surface area contributed by atoms with Gasteiger partial charge in [0.05, 0.1) is 10.6 Å². The number of nitrogens with one attached hydrogen (secondary N) is 1. The van der Waals surface area contributed by atoms with Crippen LogP contribution >= 0.6 is 15.9 Å². The predicted octanol–water partition coefficient (Wildman–Crippen LogP) is 4.58. The van der Waals surface area contributed by atoms with E-state index in [2.05, 4.69) is 21.2 Å². The second-order valence-electron chi connectivity index (χ2n) is 5.44. The van der Waals surface area contributed by atoms with Crippen molar-refractivity contribution in [2.45, 2.75) is 46.3 Å². The Hall–Kier alpha value is -1.23. The highest BCUT2D eigenvalue weighted by Gasteiger charge is 2.16. The molecule has 1 N–H and O–H groups in total. The molecule has 0 aliphatic rings. The van der Waals surface area contributed by atoms with E-state index in [0.717, 1.165) is 4.47 Å². The van der Waals surface area contributed by atoms with Gasteiger partial charge in [-0.25, -0.2) is 4.79 Å². The molecule has 0 aromatic heterocycles. The zero-order valence-corrected chi connectivity index (χ0v) is 13.5. The number of carbonyl (C=O) groups is 1. The molecule has 0 unspecified atom stereocenters. The highest BCUT2D eigenvalue weighted by atomic mass is 79.9. The highest BCUT2D eigenvalue weighted by Crippen LogP contribution is 2.29. The molecule has 19 heavy (non-hydrogen) atoms. The van der Waals surface area contributed by atoms with Crippen LogP contribution in [0, 0.1) is 0 Å². The topological polar surface area (TPSA) is 47.6 Å². The number of benzene rings is 1. The van der Waals surface area contributed by atoms with Crippen LogP contribution in [-0.2, 0) is 4.74 Å². The lowest BCUT2D eigenvalue weighted by Crippen LogP contribution is -2.27. The van der Waals surface area contributed by atoms with Gasteiger partial charge in [0.25, 0.3) is 0 Å². The van der Waals surface area contributed by atoms with Crippen molar-refractivity contribution in [1.29, 1.82) is 0 Å². The maximum Gasteiger partial charge on any atom is 0.412 e. The van der Waals surface area contributed by atoms with Crippen LogP contribution in [0.1, 0.15) is 34.6 Å². The van der Waals surface area contributed by atoms with Crippen molar-refractivity contribution >= 4 is 27.7 Å². The maximum atomic E-state index is 11.7. The summed E-state index contributed by atoms with van der Waals surface area (Å²) in [6.45, 7) is 9.35. The van der Waals surface area contributed by atoms with Crippen molar-refractivity contribution in [2.24, 2.45) is 0 Å². The standard InChI is InChI=1S/C14H20BrNO3/c1-9(2)18-12-8-10(6-7-11(12)15)16-13(17)19-14(3,4)5/h6-9H,1-5H3,(H,16,17). The normalized spacial score (nSPS) is 11.3. The number of anilines is 1. The van der Waals surface area contributed by atoms with Gasteiger partial charge in [-0.15, -0.1) is 0 Å². The van der Waals surface area contributed by atoms with Gasteiger partial charge in [0.2, 0.25) is 0 Å². The van der Waals surface area contributed by atoms with Crippen molar-refractivity contribution in [1.82, 2.24) is 0 Å². The van der Waals surface area contributed by atoms with Gasteiger partial charge in [-0.3, -0.25) is 5.32 Å². The quantitative estimate of drug-likeness (QED) is 0.882. The van der Waals surface area contributed by atoms with E-state index < -0.39 is 11.7 Å². The fraction of sp³-hybridized carbons (Fsp3) is 0.500. The van der Waals surface area contributed by atoms with Gasteiger partial charge in [0.1, 0.15) is 11.4 Å². The molecule has 0 radical (unpaired) electrons. The molecule has 1 aromatic rings. The van der Waals surface area contributed by atoms with Crippen LogP contribution in [0.15, 0.2) is 22.7 Å². The summed E-state index contributed by atoms with van der Waals surface area (Å²) in [5.41, 5.74) is 0.115. The summed E-state index contributed by atoms with van der Waals surface area (Å²) in [4.78, 5) is 11.7. The molecule has 0 fully saturated rings. The average molecular weight is 330 g/mol. The summed E-state index contributed by atoms with van der Waals surface area (Å²) in [6, 6.07) is 5.36. The molecule has 1 aromatic carbocycles. The van der Waals surface area contributed by atoms with E-state index in [1.165, 1.54) is 0 Å². The number of halogens is 1. The summed E-state index contributed by atoms with van der Waals surface area (Å²) in [5, 5.41) is 2.68. The van der Waals surface area contributed by atoms with Crippen molar-refractivity contribution in [2.75, 3.05) is 5.32 Å². The lowest BCUT2D eigenvalue weighted by Gasteiger charge is -2.20. The van der Waals surface area contributed by atoms with E-state index in [1.54, 1.807) is 12.1 Å². The minimum atomic E-state index is -0.517. The minimum absolute atomic E-state index is 0.0630. The number of amides is 1. The van der Waals surface area contributed by atoms with E-state index in [4.69, 9.17) is 9.47 Å². The molecule has 0 bridgehead atoms. The third kappa shape index (κ3) is 5.96. The van der Waals surface area contributed by atoms with Gasteiger partial charge in [-0.05, 0) is 62.7 Å². The molecule has 4 nitrogen and oxygen atoms in total. The fourth-order valence-corrected chi connectivity index (χ4v) is 1.69. The number of carbonyl (C=O) groups excluding carboxylic acids is 1. The largest absolute Gasteiger partial charge is 0.490 e. The second-order valence-corrected chi connectivity index (χ2v) is 6.29. The van der Waals surface area contributed by atoms with Crippen LogP contribution in [0.2, 0.25) is 0 Å². The van der Waals surface area contributed by atoms with E-state index in [0.29, 0.717) is 11.4 Å². The number of hydrogen-bond donors (Lipinski definition) is 1. The monoisotopic (exact) mass is 329 g/mol. The number of ether oxygens (including phenoxy) is 2. The molecule has 0 atom stereocenters. The Balaban J connectivity index is 2.77. The SMILES string of the molecule is CC(C)Oc1cc(NC(=O)OC(C)(C)C)ccc1Br. The third-order valence-corrected chi connectivity index (χ3v) is 2.59. The molecule has 0 heterocycles. The Bertz CT molecular complexity index is 452. The summed E-state index contributed by atoms with van der Waals surface area (Å²) in [6.07, 6.45) is -0.418. The first-order chi connectivity index (χ1) is 8.67. The van der Waals surface area contributed by atoms with Crippen LogP contribution in [0.5, 0.6) is 5.75 Å². The van der Waals surface area contributed by atoms with Crippen LogP contribution in [0.25, 0.3) is 0 Å². The molecule has 106 valence electrons. The zero-order valence-electron chi connectivity index (χ0n) is 11.9. The molecule has 5 heteroatoms. The van der Waals surface area contributed by atoms with Gasteiger partial charge < -0.3 is 9.47 Å². The molecule has 0 aliphatic carbocycles. The highest BCUT2D eigenvalue weighted by molar-refractivity contribution is 9.10. The molecule has 1 rings (SSSR count). The Morgan fingerprint density at radius 1 is 1.32 bits per heavy atom. The average Bonchev–Trinajstić information content (AvgIpc) is 2.19. The van der Waals surface area contributed by atoms with E-state index in [-0.39, 0.29) is 6.10 Å². The second kappa shape index (κ2) is 6.28. The predicted molar refractivity (Wildman–Crippen MR) is 79.8 cm³/mol. The molecule has 1 amide bonds. The van der Waals surface area contributed by atoms with Crippen molar-refractivity contribution in [3.63, 3.8) is 0 Å². The van der Waals surface area contributed by atoms with Crippen molar-refractivity contribution < 1.29 is 14.3 Å². The first-order valence-corrected chi connectivity index (χ1v) is 6.93. The number of hydrogen-bond acceptors (Lipinski definition) is 3. The molecule has 0 aliphatic heterocycles. The van der Waals surface area contributed by atoms with E-state index >= 15 is 0 Å². The third-order valence-electron chi connectivity index (χ3n) is 1.94. The first-order valence-electron chi connectivity index (χ1n) is 6.13. The lowest BCUT2D eigenvalue weighted by atomic mass is 10.2. The zero-order chi connectivity index (χ0) is 14.6. The Labute approximate surface area is 122 Å². The molecule has 0 spiro atoms. The van der Waals surface area contributed by atoms with Crippen molar-refractivity contribution in [3.05, 3.63) is 22.7 Å². The Morgan fingerprint density at radius 2 is 1.95 bits per heavy atom. The lowest BCUT2D eigenvalue weighted by molar-refractivity contribution is 0.0636. The summed E-state index contributed by atoms with van der Waals surface area (Å²) < 4.78 is 11.7. The van der Waals surface area contributed by atoms with Gasteiger partial charge in [-0.2, -0.15) is 0 Å². The van der Waals surface area contributed by atoms with Gasteiger partial charge in [-0.1, -0.05) is 0 Å². The van der Waals surface area contributed by atoms with Crippen LogP contribution in [0.3, 0.4) is 0 Å². The molecule has 0 saturated carbocycles. The fourth-order valence-electron chi connectivity index (χ4n) is 1.35. The van der Waals surface area contributed by atoms with Crippen LogP contribution in [-0.4, -0.2) is 17.8 Å². The maximum absolute atomic E-state index is 11.7. The van der Waals surface area contributed by atoms with Crippen LogP contribution in [0.4, 0.5) is 10.5 Å². The van der Waals surface area contributed by atoms with Gasteiger partial charge >= 0.3 is 6.09 Å². The Kier molecular flexibility index (Phi) is 5.23. The van der Waals surface area contributed by atoms with Gasteiger partial charge in [0.15, 0.2) is 0 Å². The molecular weight excluding hydrogens is 310 g/mol. The van der Waals surface area contributed by atoms with Gasteiger partial charge in [0, 0.05) is 11.8 Å². The van der Waals surface area contributed by atoms with E-state index in [1.807, 2.05) is 40.7 Å². The number of rotatable bonds is 3.